The minimum Gasteiger partial charge on any atom is -0.455 e. The molecule has 3 rings (SSSR count). The normalized spacial score (nSPS) is 17.5. The van der Waals surface area contributed by atoms with Gasteiger partial charge in [-0.3, -0.25) is 5.21 Å². The third kappa shape index (κ3) is 2.81. The summed E-state index contributed by atoms with van der Waals surface area (Å²) < 4.78 is 18.8. The first-order chi connectivity index (χ1) is 10.0. The molecule has 0 unspecified atom stereocenters. The number of hydrogen-bond acceptors (Lipinski definition) is 5. The number of halogens is 1. The highest BCUT2D eigenvalue weighted by Gasteiger charge is 2.22. The predicted octanol–water partition coefficient (Wildman–Crippen LogP) is 2.40. The molecular weight excluding hydrogens is 273 g/mol. The van der Waals surface area contributed by atoms with Crippen LogP contribution in [0.1, 0.15) is 11.1 Å². The smallest absolute Gasteiger partial charge is 0.155 e. The molecule has 3 N–H and O–H groups in total. The molecule has 0 fully saturated rings. The second-order valence-electron chi connectivity index (χ2n) is 5.21. The van der Waals surface area contributed by atoms with Crippen molar-refractivity contribution in [2.24, 2.45) is 5.73 Å². The maximum atomic E-state index is 13.1. The Labute approximate surface area is 121 Å². The average Bonchev–Trinajstić information content (AvgIpc) is 2.41. The summed E-state index contributed by atoms with van der Waals surface area (Å²) in [5.41, 5.74) is 7.40. The molecule has 0 saturated heterocycles. The number of nitrogens with zero attached hydrogens (tertiary/aromatic N) is 2. The summed E-state index contributed by atoms with van der Waals surface area (Å²) in [5.74, 6) is 1.30. The summed E-state index contributed by atoms with van der Waals surface area (Å²) in [5, 5.41) is 10.8. The van der Waals surface area contributed by atoms with E-state index >= 15 is 0 Å². The lowest BCUT2D eigenvalue weighted by Crippen LogP contribution is -2.42. The van der Waals surface area contributed by atoms with E-state index in [1.54, 1.807) is 19.1 Å². The molecule has 21 heavy (non-hydrogen) atoms. The number of benzene rings is 1. The Hall–Kier alpha value is -2.18. The van der Waals surface area contributed by atoms with Gasteiger partial charge in [0.25, 0.3) is 0 Å². The van der Waals surface area contributed by atoms with Crippen molar-refractivity contribution in [2.75, 3.05) is 11.6 Å². The van der Waals surface area contributed by atoms with E-state index in [4.69, 9.17) is 10.5 Å². The van der Waals surface area contributed by atoms with E-state index in [-0.39, 0.29) is 11.9 Å². The van der Waals surface area contributed by atoms with Gasteiger partial charge in [-0.1, -0.05) is 0 Å². The average molecular weight is 289 g/mol. The Kier molecular flexibility index (Phi) is 3.48. The molecule has 0 spiro atoms. The van der Waals surface area contributed by atoms with Crippen LogP contribution in [0.3, 0.4) is 0 Å². The Bertz CT molecular complexity index is 678. The highest BCUT2D eigenvalue weighted by molar-refractivity contribution is 5.51. The molecule has 0 radical (unpaired) electrons. The Morgan fingerprint density at radius 1 is 1.43 bits per heavy atom. The fourth-order valence-electron chi connectivity index (χ4n) is 2.43. The zero-order valence-corrected chi connectivity index (χ0v) is 11.6. The van der Waals surface area contributed by atoms with Gasteiger partial charge in [-0.25, -0.2) is 14.4 Å². The van der Waals surface area contributed by atoms with Crippen molar-refractivity contribution >= 4 is 5.82 Å². The molecule has 1 aromatic carbocycles. The van der Waals surface area contributed by atoms with Crippen molar-refractivity contribution in [3.63, 3.8) is 0 Å². The van der Waals surface area contributed by atoms with E-state index in [0.29, 0.717) is 35.8 Å². The van der Waals surface area contributed by atoms with Crippen LogP contribution in [0.4, 0.5) is 10.2 Å². The number of rotatable bonds is 2. The lowest BCUT2D eigenvalue weighted by Gasteiger charge is -2.28. The number of hydrogen-bond donors (Lipinski definition) is 2. The fraction of sp³-hybridized carbons (Fsp3) is 0.267. The Morgan fingerprint density at radius 2 is 2.24 bits per heavy atom. The molecule has 1 aliphatic heterocycles. The van der Waals surface area contributed by atoms with E-state index < -0.39 is 0 Å². The SMILES string of the molecule is Cc1cc(F)ccc1Oc1cnc2c(c1)C[C@H](N)CN2O. The van der Waals surface area contributed by atoms with Gasteiger partial charge in [0, 0.05) is 11.6 Å². The van der Waals surface area contributed by atoms with Crippen molar-refractivity contribution in [1.82, 2.24) is 4.98 Å². The van der Waals surface area contributed by atoms with Crippen LogP contribution in [-0.4, -0.2) is 22.8 Å². The van der Waals surface area contributed by atoms with E-state index in [1.165, 1.54) is 18.3 Å². The third-order valence-corrected chi connectivity index (χ3v) is 3.42. The van der Waals surface area contributed by atoms with Gasteiger partial charge in [-0.05, 0) is 43.2 Å². The minimum atomic E-state index is -0.301. The van der Waals surface area contributed by atoms with E-state index in [1.807, 2.05) is 0 Å². The summed E-state index contributed by atoms with van der Waals surface area (Å²) in [6.07, 6.45) is 2.15. The number of hydroxylamine groups is 1. The first-order valence-electron chi connectivity index (χ1n) is 6.68. The van der Waals surface area contributed by atoms with E-state index in [0.717, 1.165) is 10.6 Å². The number of anilines is 1. The summed E-state index contributed by atoms with van der Waals surface area (Å²) >= 11 is 0. The molecule has 2 aromatic rings. The molecule has 1 aliphatic rings. The van der Waals surface area contributed by atoms with Crippen molar-refractivity contribution < 1.29 is 14.3 Å². The molecule has 5 nitrogen and oxygen atoms in total. The summed E-state index contributed by atoms with van der Waals surface area (Å²) in [6, 6.07) is 5.99. The van der Waals surface area contributed by atoms with Crippen LogP contribution in [-0.2, 0) is 6.42 Å². The van der Waals surface area contributed by atoms with Crippen LogP contribution in [0.15, 0.2) is 30.5 Å². The fourth-order valence-corrected chi connectivity index (χ4v) is 2.43. The van der Waals surface area contributed by atoms with Gasteiger partial charge in [0.2, 0.25) is 0 Å². The molecule has 0 amide bonds. The van der Waals surface area contributed by atoms with Crippen LogP contribution in [0.25, 0.3) is 0 Å². The van der Waals surface area contributed by atoms with Crippen LogP contribution in [0.2, 0.25) is 0 Å². The Balaban J connectivity index is 1.88. The number of aromatic nitrogens is 1. The molecule has 6 heteroatoms. The summed E-state index contributed by atoms with van der Waals surface area (Å²) in [6.45, 7) is 2.13. The summed E-state index contributed by atoms with van der Waals surface area (Å²) in [7, 11) is 0. The standard InChI is InChI=1S/C15H16FN3O2/c1-9-4-11(16)2-3-14(9)21-13-6-10-5-12(17)8-19(20)15(10)18-7-13/h2-4,6-7,12,20H,5,8,17H2,1H3/t12-/m0/s1. The van der Waals surface area contributed by atoms with Crippen molar-refractivity contribution in [3.8, 4) is 11.5 Å². The molecule has 0 aliphatic carbocycles. The topological polar surface area (TPSA) is 71.6 Å². The maximum absolute atomic E-state index is 13.1. The maximum Gasteiger partial charge on any atom is 0.155 e. The molecule has 110 valence electrons. The van der Waals surface area contributed by atoms with Gasteiger partial charge in [0.05, 0.1) is 12.7 Å². The first-order valence-corrected chi connectivity index (χ1v) is 6.68. The van der Waals surface area contributed by atoms with Gasteiger partial charge in [-0.2, -0.15) is 0 Å². The lowest BCUT2D eigenvalue weighted by atomic mass is 10.0. The molecule has 0 bridgehead atoms. The van der Waals surface area contributed by atoms with Crippen molar-refractivity contribution in [1.29, 1.82) is 0 Å². The van der Waals surface area contributed by atoms with Gasteiger partial charge < -0.3 is 10.5 Å². The molecule has 2 heterocycles. The largest absolute Gasteiger partial charge is 0.455 e. The predicted molar refractivity (Wildman–Crippen MR) is 76.3 cm³/mol. The second-order valence-corrected chi connectivity index (χ2v) is 5.21. The second kappa shape index (κ2) is 5.31. The van der Waals surface area contributed by atoms with Crippen LogP contribution in [0.5, 0.6) is 11.5 Å². The zero-order valence-electron chi connectivity index (χ0n) is 11.6. The van der Waals surface area contributed by atoms with Crippen LogP contribution in [0, 0.1) is 12.7 Å². The van der Waals surface area contributed by atoms with E-state index in [9.17, 15) is 9.60 Å². The van der Waals surface area contributed by atoms with Gasteiger partial charge in [0.15, 0.2) is 5.82 Å². The Morgan fingerprint density at radius 3 is 3.00 bits per heavy atom. The molecule has 0 saturated carbocycles. The zero-order chi connectivity index (χ0) is 15.0. The van der Waals surface area contributed by atoms with E-state index in [2.05, 4.69) is 4.98 Å². The summed E-state index contributed by atoms with van der Waals surface area (Å²) in [4.78, 5) is 4.20. The molecule has 1 atom stereocenters. The quantitative estimate of drug-likeness (QED) is 0.888. The molecular formula is C15H16FN3O2. The number of nitrogens with two attached hydrogens (primary N) is 1. The lowest BCUT2D eigenvalue weighted by molar-refractivity contribution is 0.234. The minimum absolute atomic E-state index is 0.146. The molecule has 1 aromatic heterocycles. The van der Waals surface area contributed by atoms with Gasteiger partial charge >= 0.3 is 0 Å². The highest BCUT2D eigenvalue weighted by Crippen LogP contribution is 2.30. The van der Waals surface area contributed by atoms with Gasteiger partial charge in [0.1, 0.15) is 17.3 Å². The monoisotopic (exact) mass is 289 g/mol. The highest BCUT2D eigenvalue weighted by atomic mass is 19.1. The number of pyridine rings is 1. The third-order valence-electron chi connectivity index (χ3n) is 3.42. The van der Waals surface area contributed by atoms with Crippen LogP contribution < -0.4 is 15.5 Å². The number of ether oxygens (including phenoxy) is 1. The van der Waals surface area contributed by atoms with Gasteiger partial charge in [-0.15, -0.1) is 0 Å². The first kappa shape index (κ1) is 13.8. The van der Waals surface area contributed by atoms with Crippen molar-refractivity contribution in [3.05, 3.63) is 47.4 Å². The van der Waals surface area contributed by atoms with Crippen LogP contribution >= 0.6 is 0 Å². The number of fused-ring (bicyclic) bond motifs is 1. The van der Waals surface area contributed by atoms with Crippen molar-refractivity contribution in [2.45, 2.75) is 19.4 Å². The number of aryl methyl sites for hydroxylation is 1.